The van der Waals surface area contributed by atoms with E-state index in [9.17, 15) is 14.4 Å². The van der Waals surface area contributed by atoms with Gasteiger partial charge in [-0.3, -0.25) is 14.6 Å². The number of benzene rings is 1. The lowest BCUT2D eigenvalue weighted by Crippen LogP contribution is -2.33. The van der Waals surface area contributed by atoms with Crippen molar-refractivity contribution in [1.82, 2.24) is 24.3 Å². The number of aromatic nitrogens is 3. The molecule has 0 saturated carbocycles. The molecule has 9 nitrogen and oxygen atoms in total. The monoisotopic (exact) mass is 621 g/mol. The number of nitrogens with zero attached hydrogens (tertiary/aromatic N) is 5. The van der Waals surface area contributed by atoms with E-state index in [2.05, 4.69) is 28.4 Å². The largest absolute Gasteiger partial charge is 0.465 e. The number of thiazole rings is 1. The van der Waals surface area contributed by atoms with Crippen LogP contribution in [-0.2, 0) is 29.0 Å². The molecule has 1 aromatic carbocycles. The molecule has 222 valence electrons. The maximum Gasteiger partial charge on any atom is 0.337 e. The number of carbonyl (C=O) groups is 3. The van der Waals surface area contributed by atoms with Gasteiger partial charge in [-0.2, -0.15) is 0 Å². The van der Waals surface area contributed by atoms with Crippen molar-refractivity contribution in [1.29, 1.82) is 0 Å². The SMILES string of the molecule is CCCCc1ncc(/C=C2\C(=O)N(Cc3csc(C)n3)C(=O)N2CCCC)n1Cc1ccc(C(=O)OC)cc1.Cl.Cl. The highest BCUT2D eigenvalue weighted by molar-refractivity contribution is 7.09. The lowest BCUT2D eigenvalue weighted by atomic mass is 10.1. The third-order valence-corrected chi connectivity index (χ3v) is 7.48. The van der Waals surface area contributed by atoms with Crippen LogP contribution < -0.4 is 0 Å². The maximum absolute atomic E-state index is 13.6. The lowest BCUT2D eigenvalue weighted by Gasteiger charge is -2.17. The molecule has 0 unspecified atom stereocenters. The van der Waals surface area contributed by atoms with E-state index in [0.29, 0.717) is 30.0 Å². The van der Waals surface area contributed by atoms with Gasteiger partial charge in [0.05, 0.1) is 41.8 Å². The van der Waals surface area contributed by atoms with Gasteiger partial charge in [0.1, 0.15) is 11.5 Å². The summed E-state index contributed by atoms with van der Waals surface area (Å²) >= 11 is 1.50. The Hall–Kier alpha value is -3.21. The van der Waals surface area contributed by atoms with Crippen molar-refractivity contribution in [2.75, 3.05) is 13.7 Å². The second-order valence-corrected chi connectivity index (χ2v) is 10.6. The fourth-order valence-corrected chi connectivity index (χ4v) is 5.10. The van der Waals surface area contributed by atoms with Crippen LogP contribution >= 0.6 is 36.2 Å². The number of methoxy groups -OCH3 is 1. The zero-order valence-corrected chi connectivity index (χ0v) is 26.2. The first-order chi connectivity index (χ1) is 18.9. The van der Waals surface area contributed by atoms with E-state index in [1.54, 1.807) is 29.3 Å². The number of hydrogen-bond acceptors (Lipinski definition) is 7. The number of rotatable bonds is 12. The van der Waals surface area contributed by atoms with Crippen LogP contribution in [-0.4, -0.2) is 55.9 Å². The van der Waals surface area contributed by atoms with Gasteiger partial charge in [0, 0.05) is 24.9 Å². The minimum Gasteiger partial charge on any atom is -0.465 e. The molecule has 4 rings (SSSR count). The molecule has 1 aliphatic rings. The molecule has 41 heavy (non-hydrogen) atoms. The van der Waals surface area contributed by atoms with Gasteiger partial charge >= 0.3 is 12.0 Å². The van der Waals surface area contributed by atoms with Crippen LogP contribution in [0, 0.1) is 6.92 Å². The Bertz CT molecular complexity index is 1370. The van der Waals surface area contributed by atoms with Crippen LogP contribution in [0.15, 0.2) is 41.5 Å². The highest BCUT2D eigenvalue weighted by Gasteiger charge is 2.41. The van der Waals surface area contributed by atoms with Crippen molar-refractivity contribution >= 4 is 60.1 Å². The molecule has 12 heteroatoms. The molecule has 2 aromatic heterocycles. The van der Waals surface area contributed by atoms with Gasteiger partial charge in [-0.15, -0.1) is 36.2 Å². The molecular formula is C29H37Cl2N5O4S. The molecule has 0 spiro atoms. The number of halogens is 2. The number of imidazole rings is 1. The van der Waals surface area contributed by atoms with E-state index in [4.69, 9.17) is 4.74 Å². The van der Waals surface area contributed by atoms with Crippen LogP contribution in [0.4, 0.5) is 4.79 Å². The quantitative estimate of drug-likeness (QED) is 0.134. The van der Waals surface area contributed by atoms with E-state index in [1.807, 2.05) is 24.4 Å². The van der Waals surface area contributed by atoms with Crippen LogP contribution in [0.1, 0.15) is 77.7 Å². The van der Waals surface area contributed by atoms with E-state index < -0.39 is 0 Å². The molecular weight excluding hydrogens is 585 g/mol. The number of amides is 3. The van der Waals surface area contributed by atoms with E-state index in [1.165, 1.54) is 23.3 Å². The Balaban J connectivity index is 0.00000294. The number of ether oxygens (including phenoxy) is 1. The Kier molecular flexibility index (Phi) is 13.0. The highest BCUT2D eigenvalue weighted by atomic mass is 35.5. The first-order valence-electron chi connectivity index (χ1n) is 13.3. The predicted molar refractivity (Wildman–Crippen MR) is 165 cm³/mol. The first kappa shape index (κ1) is 34.0. The van der Waals surface area contributed by atoms with Gasteiger partial charge in [0.2, 0.25) is 0 Å². The molecule has 0 bridgehead atoms. The van der Waals surface area contributed by atoms with Crippen molar-refractivity contribution in [2.45, 2.75) is 66.0 Å². The smallest absolute Gasteiger partial charge is 0.337 e. The van der Waals surface area contributed by atoms with Crippen LogP contribution in [0.25, 0.3) is 6.08 Å². The van der Waals surface area contributed by atoms with Gasteiger partial charge in [-0.1, -0.05) is 38.8 Å². The van der Waals surface area contributed by atoms with E-state index >= 15 is 0 Å². The molecule has 1 saturated heterocycles. The van der Waals surface area contributed by atoms with Crippen LogP contribution in [0.3, 0.4) is 0 Å². The summed E-state index contributed by atoms with van der Waals surface area (Å²) in [5.74, 6) is 0.201. The minimum atomic E-state index is -0.382. The third-order valence-electron chi connectivity index (χ3n) is 6.66. The van der Waals surface area contributed by atoms with E-state index in [0.717, 1.165) is 54.2 Å². The molecule has 0 N–H and O–H groups in total. The molecule has 0 atom stereocenters. The maximum atomic E-state index is 13.6. The molecule has 0 radical (unpaired) electrons. The Morgan fingerprint density at radius 3 is 2.34 bits per heavy atom. The summed E-state index contributed by atoms with van der Waals surface area (Å²) in [4.78, 5) is 50.8. The fraction of sp³-hybridized carbons (Fsp3) is 0.414. The normalized spacial score (nSPS) is 13.9. The second kappa shape index (κ2) is 15.7. The Labute approximate surface area is 257 Å². The minimum absolute atomic E-state index is 0. The van der Waals surface area contributed by atoms with E-state index in [-0.39, 0.29) is 49.3 Å². The van der Waals surface area contributed by atoms with Gasteiger partial charge in [0.15, 0.2) is 0 Å². The average Bonchev–Trinajstić information content (AvgIpc) is 3.59. The summed E-state index contributed by atoms with van der Waals surface area (Å²) in [5.41, 5.74) is 3.28. The average molecular weight is 623 g/mol. The molecule has 3 aromatic rings. The number of urea groups is 1. The van der Waals surface area contributed by atoms with Crippen molar-refractivity contribution in [3.05, 3.63) is 74.9 Å². The Morgan fingerprint density at radius 1 is 1.02 bits per heavy atom. The third kappa shape index (κ3) is 7.96. The van der Waals surface area contributed by atoms with Gasteiger partial charge in [-0.25, -0.2) is 19.6 Å². The van der Waals surface area contributed by atoms with Gasteiger partial charge in [0.25, 0.3) is 5.91 Å². The van der Waals surface area contributed by atoms with Crippen LogP contribution in [0.2, 0.25) is 0 Å². The van der Waals surface area contributed by atoms with Gasteiger partial charge < -0.3 is 9.30 Å². The number of imide groups is 1. The van der Waals surface area contributed by atoms with Gasteiger partial charge in [-0.05, 0) is 43.5 Å². The molecule has 1 fully saturated rings. The Morgan fingerprint density at radius 2 is 1.73 bits per heavy atom. The van der Waals surface area contributed by atoms with Crippen molar-refractivity contribution < 1.29 is 19.1 Å². The number of esters is 1. The van der Waals surface area contributed by atoms with Crippen LogP contribution in [0.5, 0.6) is 0 Å². The van der Waals surface area contributed by atoms with Crippen molar-refractivity contribution in [2.24, 2.45) is 0 Å². The molecule has 0 aliphatic carbocycles. The molecule has 3 heterocycles. The molecule has 3 amide bonds. The topological polar surface area (TPSA) is 97.6 Å². The zero-order chi connectivity index (χ0) is 27.9. The highest BCUT2D eigenvalue weighted by Crippen LogP contribution is 2.27. The fourth-order valence-electron chi connectivity index (χ4n) is 4.49. The number of unbranched alkanes of at least 4 members (excludes halogenated alkanes) is 2. The second-order valence-electron chi connectivity index (χ2n) is 9.54. The molecule has 1 aliphatic heterocycles. The summed E-state index contributed by atoms with van der Waals surface area (Å²) < 4.78 is 6.89. The summed E-state index contributed by atoms with van der Waals surface area (Å²) in [6.07, 6.45) is 8.04. The van der Waals surface area contributed by atoms with Crippen molar-refractivity contribution in [3.8, 4) is 0 Å². The standard InChI is InChI=1S/C29H35N5O4S.2ClH/c1-5-7-9-26-30-16-24(33(26)17-21-10-12-22(13-11-21)28(36)38-4)15-25-27(35)34(18-23-19-39-20(3)31-23)29(37)32(25)14-8-6-2;;/h10-13,15-16,19H,5-9,14,17-18H2,1-4H3;2*1H/b25-15+;;. The van der Waals surface area contributed by atoms with Crippen molar-refractivity contribution in [3.63, 3.8) is 0 Å². The number of hydrogen-bond donors (Lipinski definition) is 0. The lowest BCUT2D eigenvalue weighted by molar-refractivity contribution is -0.123. The summed E-state index contributed by atoms with van der Waals surface area (Å²) in [5, 5.41) is 2.78. The predicted octanol–water partition coefficient (Wildman–Crippen LogP) is 6.27. The summed E-state index contributed by atoms with van der Waals surface area (Å²) in [6, 6.07) is 6.95. The summed E-state index contributed by atoms with van der Waals surface area (Å²) in [6.45, 7) is 7.22. The zero-order valence-electron chi connectivity index (χ0n) is 23.8. The summed E-state index contributed by atoms with van der Waals surface area (Å²) in [7, 11) is 1.36. The number of aryl methyl sites for hydroxylation is 2. The number of carbonyl (C=O) groups excluding carboxylic acids is 3. The first-order valence-corrected chi connectivity index (χ1v) is 14.2.